The number of hydrogen-bond acceptors (Lipinski definition) is 4. The second-order valence-electron chi connectivity index (χ2n) is 7.08. The Hall–Kier alpha value is -1.82. The first-order valence-electron chi connectivity index (χ1n) is 8.87. The van der Waals surface area contributed by atoms with Gasteiger partial charge in [0.25, 0.3) is 0 Å². The molecule has 1 saturated heterocycles. The van der Waals surface area contributed by atoms with Gasteiger partial charge in [-0.15, -0.1) is 0 Å². The fourth-order valence-electron chi connectivity index (χ4n) is 3.15. The minimum Gasteiger partial charge on any atom is -0.372 e. The largest absolute Gasteiger partial charge is 0.372 e. The fraction of sp³-hybridized carbons (Fsp3) is 0.667. The van der Waals surface area contributed by atoms with Crippen LogP contribution in [0.5, 0.6) is 0 Å². The summed E-state index contributed by atoms with van der Waals surface area (Å²) in [7, 11) is 1.81. The molecule has 1 aliphatic carbocycles. The Morgan fingerprint density at radius 2 is 2.00 bits per heavy atom. The van der Waals surface area contributed by atoms with Crippen LogP contribution in [-0.2, 0) is 11.3 Å². The van der Waals surface area contributed by atoms with Gasteiger partial charge in [-0.3, -0.25) is 4.99 Å². The van der Waals surface area contributed by atoms with E-state index in [1.165, 1.54) is 6.42 Å². The number of morpholine rings is 1. The van der Waals surface area contributed by atoms with Crippen molar-refractivity contribution in [2.75, 3.05) is 25.0 Å². The predicted octanol–water partition coefficient (Wildman–Crippen LogP) is 1.77. The molecule has 0 spiro atoms. The molecule has 4 unspecified atom stereocenters. The molecule has 6 nitrogen and oxygen atoms in total. The molecule has 2 heterocycles. The van der Waals surface area contributed by atoms with Gasteiger partial charge in [0.1, 0.15) is 5.82 Å². The van der Waals surface area contributed by atoms with Crippen LogP contribution >= 0.6 is 0 Å². The van der Waals surface area contributed by atoms with Crippen LogP contribution in [-0.4, -0.2) is 49.3 Å². The minimum atomic E-state index is 0.246. The summed E-state index contributed by atoms with van der Waals surface area (Å²) >= 11 is 0. The first-order chi connectivity index (χ1) is 11.5. The normalized spacial score (nSPS) is 30.2. The summed E-state index contributed by atoms with van der Waals surface area (Å²) in [6, 6.07) is 4.80. The highest BCUT2D eigenvalue weighted by molar-refractivity contribution is 5.80. The number of anilines is 1. The monoisotopic (exact) mass is 331 g/mol. The molecule has 0 bridgehead atoms. The SMILES string of the molecule is CN=C(NCc1ccc(N2CC(C)OC(C)C2)nc1)NC1CC1C. The van der Waals surface area contributed by atoms with Crippen LogP contribution in [0.2, 0.25) is 0 Å². The molecule has 1 aliphatic heterocycles. The molecule has 0 radical (unpaired) electrons. The van der Waals surface area contributed by atoms with E-state index in [1.54, 1.807) is 0 Å². The van der Waals surface area contributed by atoms with E-state index in [0.29, 0.717) is 6.04 Å². The van der Waals surface area contributed by atoms with Crippen molar-refractivity contribution in [2.24, 2.45) is 10.9 Å². The lowest BCUT2D eigenvalue weighted by atomic mass is 10.2. The van der Waals surface area contributed by atoms with Crippen molar-refractivity contribution in [1.82, 2.24) is 15.6 Å². The van der Waals surface area contributed by atoms with Gasteiger partial charge in [0.2, 0.25) is 0 Å². The van der Waals surface area contributed by atoms with Crippen molar-refractivity contribution in [2.45, 2.75) is 52.0 Å². The first kappa shape index (κ1) is 17.0. The molecular weight excluding hydrogens is 302 g/mol. The fourth-order valence-corrected chi connectivity index (χ4v) is 3.15. The van der Waals surface area contributed by atoms with E-state index in [2.05, 4.69) is 58.4 Å². The Kier molecular flexibility index (Phi) is 5.23. The van der Waals surface area contributed by atoms with Gasteiger partial charge in [0.15, 0.2) is 5.96 Å². The zero-order valence-electron chi connectivity index (χ0n) is 15.1. The molecule has 2 fully saturated rings. The van der Waals surface area contributed by atoms with Crippen LogP contribution in [0.4, 0.5) is 5.82 Å². The molecule has 0 aromatic carbocycles. The molecule has 4 atom stereocenters. The highest BCUT2D eigenvalue weighted by Crippen LogP contribution is 2.28. The van der Waals surface area contributed by atoms with Crippen LogP contribution in [0.3, 0.4) is 0 Å². The molecule has 1 aromatic rings. The minimum absolute atomic E-state index is 0.246. The number of rotatable bonds is 4. The van der Waals surface area contributed by atoms with Gasteiger partial charge in [0.05, 0.1) is 12.2 Å². The Morgan fingerprint density at radius 3 is 2.54 bits per heavy atom. The van der Waals surface area contributed by atoms with Gasteiger partial charge in [-0.25, -0.2) is 4.98 Å². The van der Waals surface area contributed by atoms with Crippen molar-refractivity contribution < 1.29 is 4.74 Å². The highest BCUT2D eigenvalue weighted by atomic mass is 16.5. The van der Waals surface area contributed by atoms with Gasteiger partial charge in [-0.1, -0.05) is 13.0 Å². The average molecular weight is 331 g/mol. The Balaban J connectivity index is 1.52. The van der Waals surface area contributed by atoms with E-state index in [0.717, 1.165) is 42.9 Å². The quantitative estimate of drug-likeness (QED) is 0.650. The molecule has 1 saturated carbocycles. The van der Waals surface area contributed by atoms with Crippen LogP contribution in [0, 0.1) is 5.92 Å². The number of nitrogens with one attached hydrogen (secondary N) is 2. The summed E-state index contributed by atoms with van der Waals surface area (Å²) in [6.45, 7) is 8.99. The van der Waals surface area contributed by atoms with Crippen LogP contribution in [0.15, 0.2) is 23.3 Å². The number of guanidine groups is 1. The first-order valence-corrected chi connectivity index (χ1v) is 8.87. The number of ether oxygens (including phenoxy) is 1. The average Bonchev–Trinajstić information content (AvgIpc) is 3.26. The van der Waals surface area contributed by atoms with E-state index >= 15 is 0 Å². The van der Waals surface area contributed by atoms with Crippen molar-refractivity contribution in [3.63, 3.8) is 0 Å². The number of hydrogen-bond donors (Lipinski definition) is 2. The molecule has 6 heteroatoms. The molecule has 0 amide bonds. The number of pyridine rings is 1. The van der Waals surface area contributed by atoms with E-state index < -0.39 is 0 Å². The van der Waals surface area contributed by atoms with E-state index in [4.69, 9.17) is 4.74 Å². The lowest BCUT2D eigenvalue weighted by molar-refractivity contribution is -0.00545. The molecule has 2 aliphatic rings. The van der Waals surface area contributed by atoms with Crippen LogP contribution in [0.25, 0.3) is 0 Å². The van der Waals surface area contributed by atoms with E-state index in [-0.39, 0.29) is 12.2 Å². The van der Waals surface area contributed by atoms with Gasteiger partial charge < -0.3 is 20.3 Å². The Morgan fingerprint density at radius 1 is 1.29 bits per heavy atom. The van der Waals surface area contributed by atoms with E-state index in [1.807, 2.05) is 13.2 Å². The van der Waals surface area contributed by atoms with Gasteiger partial charge in [-0.05, 0) is 37.8 Å². The molecule has 3 rings (SSSR count). The summed E-state index contributed by atoms with van der Waals surface area (Å²) in [6.07, 6.45) is 3.67. The van der Waals surface area contributed by atoms with E-state index in [9.17, 15) is 0 Å². The maximum atomic E-state index is 5.78. The molecule has 132 valence electrons. The zero-order chi connectivity index (χ0) is 17.1. The van der Waals surface area contributed by atoms with Crippen LogP contribution < -0.4 is 15.5 Å². The van der Waals surface area contributed by atoms with Crippen molar-refractivity contribution in [1.29, 1.82) is 0 Å². The summed E-state index contributed by atoms with van der Waals surface area (Å²) < 4.78 is 5.78. The summed E-state index contributed by atoms with van der Waals surface area (Å²) in [5.41, 5.74) is 1.15. The maximum absolute atomic E-state index is 5.78. The van der Waals surface area contributed by atoms with Gasteiger partial charge in [-0.2, -0.15) is 0 Å². The van der Waals surface area contributed by atoms with Crippen molar-refractivity contribution >= 4 is 11.8 Å². The third kappa shape index (κ3) is 4.38. The summed E-state index contributed by atoms with van der Waals surface area (Å²) in [5, 5.41) is 6.79. The summed E-state index contributed by atoms with van der Waals surface area (Å²) in [4.78, 5) is 11.2. The Labute approximate surface area is 144 Å². The second-order valence-corrected chi connectivity index (χ2v) is 7.08. The number of nitrogens with zero attached hydrogens (tertiary/aromatic N) is 3. The number of aliphatic imine (C=N–C) groups is 1. The Bertz CT molecular complexity index is 563. The predicted molar refractivity (Wildman–Crippen MR) is 97.4 cm³/mol. The van der Waals surface area contributed by atoms with Crippen LogP contribution in [0.1, 0.15) is 32.8 Å². The molecule has 2 N–H and O–H groups in total. The lowest BCUT2D eigenvalue weighted by Crippen LogP contribution is -2.45. The smallest absolute Gasteiger partial charge is 0.191 e. The third-order valence-corrected chi connectivity index (χ3v) is 4.67. The maximum Gasteiger partial charge on any atom is 0.191 e. The third-order valence-electron chi connectivity index (χ3n) is 4.67. The second kappa shape index (κ2) is 7.38. The zero-order valence-corrected chi connectivity index (χ0v) is 15.1. The topological polar surface area (TPSA) is 61.8 Å². The standard InChI is InChI=1S/C18H29N5O/c1-12-7-16(12)22-18(19-4)21-9-15-5-6-17(20-8-15)23-10-13(2)24-14(3)11-23/h5-6,8,12-14,16H,7,9-11H2,1-4H3,(H2,19,21,22). The summed E-state index contributed by atoms with van der Waals surface area (Å²) in [5.74, 6) is 2.64. The lowest BCUT2D eigenvalue weighted by Gasteiger charge is -2.36. The van der Waals surface area contributed by atoms with Gasteiger partial charge >= 0.3 is 0 Å². The van der Waals surface area contributed by atoms with Gasteiger partial charge in [0, 0.05) is 38.9 Å². The van der Waals surface area contributed by atoms with Crippen molar-refractivity contribution in [3.05, 3.63) is 23.9 Å². The molecule has 1 aromatic heterocycles. The molecule has 24 heavy (non-hydrogen) atoms. The number of aromatic nitrogens is 1. The van der Waals surface area contributed by atoms with Crippen molar-refractivity contribution in [3.8, 4) is 0 Å². The molecular formula is C18H29N5O. The highest BCUT2D eigenvalue weighted by Gasteiger charge is 2.33.